The number of para-hydroxylation sites is 1. The van der Waals surface area contributed by atoms with Crippen LogP contribution in [-0.2, 0) is 4.79 Å². The van der Waals surface area contributed by atoms with Crippen LogP contribution in [0.15, 0.2) is 72.9 Å². The van der Waals surface area contributed by atoms with Crippen molar-refractivity contribution < 1.29 is 9.53 Å². The van der Waals surface area contributed by atoms with Crippen molar-refractivity contribution in [2.24, 2.45) is 0 Å². The number of nitrogens with one attached hydrogen (secondary N) is 1. The lowest BCUT2D eigenvalue weighted by Crippen LogP contribution is -2.21. The number of nitrogens with zero attached hydrogens (tertiary/aromatic N) is 2. The zero-order chi connectivity index (χ0) is 19.1. The highest BCUT2D eigenvalue weighted by Crippen LogP contribution is 2.24. The first-order valence-electron chi connectivity index (χ1n) is 8.93. The molecule has 5 nitrogen and oxygen atoms in total. The Hall–Kier alpha value is -3.34. The molecule has 0 bridgehead atoms. The molecule has 0 saturated heterocycles. The highest BCUT2D eigenvalue weighted by atomic mass is 16.5. The number of anilines is 3. The molecule has 27 heavy (non-hydrogen) atoms. The van der Waals surface area contributed by atoms with E-state index in [-0.39, 0.29) is 12.5 Å². The molecule has 0 saturated carbocycles. The molecule has 2 aromatic carbocycles. The quantitative estimate of drug-likeness (QED) is 0.670. The van der Waals surface area contributed by atoms with Crippen molar-refractivity contribution in [3.05, 3.63) is 78.5 Å². The molecule has 5 heteroatoms. The SMILES string of the molecule is CCN(c1cccc(C)c1)c1ccc(NC(=O)COc2ccccc2)cn1. The van der Waals surface area contributed by atoms with E-state index in [9.17, 15) is 4.79 Å². The second-order valence-electron chi connectivity index (χ2n) is 6.14. The summed E-state index contributed by atoms with van der Waals surface area (Å²) in [5, 5.41) is 2.80. The minimum absolute atomic E-state index is 0.0455. The summed E-state index contributed by atoms with van der Waals surface area (Å²) in [4.78, 5) is 18.7. The number of carbonyl (C=O) groups excluding carboxylic acids is 1. The van der Waals surface area contributed by atoms with E-state index in [0.717, 1.165) is 18.1 Å². The average Bonchev–Trinajstić information content (AvgIpc) is 2.69. The van der Waals surface area contributed by atoms with Crippen LogP contribution in [0.25, 0.3) is 0 Å². The van der Waals surface area contributed by atoms with Gasteiger partial charge < -0.3 is 15.0 Å². The predicted molar refractivity (Wildman–Crippen MR) is 109 cm³/mol. The molecule has 1 amide bonds. The van der Waals surface area contributed by atoms with Gasteiger partial charge in [-0.05, 0) is 55.8 Å². The summed E-state index contributed by atoms with van der Waals surface area (Å²) in [7, 11) is 0. The number of hydrogen-bond acceptors (Lipinski definition) is 4. The fraction of sp³-hybridized carbons (Fsp3) is 0.182. The van der Waals surface area contributed by atoms with Gasteiger partial charge in [-0.1, -0.05) is 30.3 Å². The summed E-state index contributed by atoms with van der Waals surface area (Å²) >= 11 is 0. The highest BCUT2D eigenvalue weighted by molar-refractivity contribution is 5.91. The third kappa shape index (κ3) is 5.07. The molecule has 0 aliphatic rings. The van der Waals surface area contributed by atoms with Crippen molar-refractivity contribution in [2.45, 2.75) is 13.8 Å². The fourth-order valence-corrected chi connectivity index (χ4v) is 2.76. The van der Waals surface area contributed by atoms with Gasteiger partial charge in [-0.25, -0.2) is 4.98 Å². The normalized spacial score (nSPS) is 10.3. The van der Waals surface area contributed by atoms with Gasteiger partial charge in [0.15, 0.2) is 6.61 Å². The van der Waals surface area contributed by atoms with E-state index in [0.29, 0.717) is 11.4 Å². The van der Waals surface area contributed by atoms with Gasteiger partial charge in [0.2, 0.25) is 0 Å². The van der Waals surface area contributed by atoms with E-state index in [1.807, 2.05) is 48.5 Å². The van der Waals surface area contributed by atoms with E-state index in [2.05, 4.69) is 47.2 Å². The smallest absolute Gasteiger partial charge is 0.262 e. The molecular weight excluding hydrogens is 338 g/mol. The Bertz CT molecular complexity index is 880. The Morgan fingerprint density at radius 1 is 1.07 bits per heavy atom. The minimum Gasteiger partial charge on any atom is -0.484 e. The number of carbonyl (C=O) groups is 1. The Balaban J connectivity index is 1.61. The maximum absolute atomic E-state index is 12.0. The Morgan fingerprint density at radius 2 is 1.89 bits per heavy atom. The van der Waals surface area contributed by atoms with E-state index in [1.54, 1.807) is 6.20 Å². The van der Waals surface area contributed by atoms with Gasteiger partial charge >= 0.3 is 0 Å². The summed E-state index contributed by atoms with van der Waals surface area (Å²) in [5.74, 6) is 1.28. The zero-order valence-electron chi connectivity index (χ0n) is 15.6. The fourth-order valence-electron chi connectivity index (χ4n) is 2.76. The number of aryl methyl sites for hydroxylation is 1. The van der Waals surface area contributed by atoms with Crippen LogP contribution in [0.1, 0.15) is 12.5 Å². The van der Waals surface area contributed by atoms with Gasteiger partial charge in [-0.15, -0.1) is 0 Å². The van der Waals surface area contributed by atoms with E-state index in [1.165, 1.54) is 5.56 Å². The van der Waals surface area contributed by atoms with Gasteiger partial charge in [0, 0.05) is 12.2 Å². The van der Waals surface area contributed by atoms with Crippen LogP contribution < -0.4 is 15.0 Å². The molecule has 138 valence electrons. The van der Waals surface area contributed by atoms with Crippen LogP contribution >= 0.6 is 0 Å². The number of rotatable bonds is 7. The minimum atomic E-state index is -0.223. The Kier molecular flexibility index (Phi) is 6.05. The number of amides is 1. The molecular formula is C22H23N3O2. The standard InChI is InChI=1S/C22H23N3O2/c1-3-25(19-9-7-8-17(2)14-19)21-13-12-18(15-23-21)24-22(26)16-27-20-10-5-4-6-11-20/h4-15H,3,16H2,1-2H3,(H,24,26). The molecule has 1 aromatic heterocycles. The molecule has 0 radical (unpaired) electrons. The molecule has 0 atom stereocenters. The number of ether oxygens (including phenoxy) is 1. The van der Waals surface area contributed by atoms with Crippen molar-refractivity contribution in [3.63, 3.8) is 0 Å². The van der Waals surface area contributed by atoms with Crippen LogP contribution in [-0.4, -0.2) is 24.0 Å². The number of hydrogen-bond donors (Lipinski definition) is 1. The second-order valence-corrected chi connectivity index (χ2v) is 6.14. The van der Waals surface area contributed by atoms with Gasteiger partial charge in [-0.2, -0.15) is 0 Å². The molecule has 0 unspecified atom stereocenters. The maximum atomic E-state index is 12.0. The predicted octanol–water partition coefficient (Wildman–Crippen LogP) is 4.57. The summed E-state index contributed by atoms with van der Waals surface area (Å²) in [6, 6.07) is 21.3. The Morgan fingerprint density at radius 3 is 2.56 bits per heavy atom. The first kappa shape index (κ1) is 18.5. The van der Waals surface area contributed by atoms with Crippen molar-refractivity contribution in [3.8, 4) is 5.75 Å². The third-order valence-corrected chi connectivity index (χ3v) is 4.05. The second kappa shape index (κ2) is 8.85. The number of aromatic nitrogens is 1. The number of benzene rings is 2. The molecule has 0 fully saturated rings. The number of pyridine rings is 1. The van der Waals surface area contributed by atoms with Crippen LogP contribution in [0.3, 0.4) is 0 Å². The Labute approximate surface area is 159 Å². The van der Waals surface area contributed by atoms with Gasteiger partial charge in [0.1, 0.15) is 11.6 Å². The van der Waals surface area contributed by atoms with Crippen LogP contribution in [0.2, 0.25) is 0 Å². The van der Waals surface area contributed by atoms with Crippen LogP contribution in [0, 0.1) is 6.92 Å². The molecule has 3 rings (SSSR count). The van der Waals surface area contributed by atoms with Crippen molar-refractivity contribution in [2.75, 3.05) is 23.4 Å². The largest absolute Gasteiger partial charge is 0.484 e. The molecule has 1 heterocycles. The van der Waals surface area contributed by atoms with E-state index < -0.39 is 0 Å². The third-order valence-electron chi connectivity index (χ3n) is 4.05. The van der Waals surface area contributed by atoms with Crippen molar-refractivity contribution >= 4 is 23.1 Å². The highest BCUT2D eigenvalue weighted by Gasteiger charge is 2.10. The summed E-state index contributed by atoms with van der Waals surface area (Å²) in [6.07, 6.45) is 1.66. The summed E-state index contributed by atoms with van der Waals surface area (Å²) < 4.78 is 5.45. The van der Waals surface area contributed by atoms with Crippen molar-refractivity contribution in [1.29, 1.82) is 0 Å². The van der Waals surface area contributed by atoms with Crippen LogP contribution in [0.5, 0.6) is 5.75 Å². The molecule has 0 spiro atoms. The summed E-state index contributed by atoms with van der Waals surface area (Å²) in [6.45, 7) is 4.91. The van der Waals surface area contributed by atoms with E-state index in [4.69, 9.17) is 4.74 Å². The first-order valence-corrected chi connectivity index (χ1v) is 8.93. The lowest BCUT2D eigenvalue weighted by atomic mass is 10.2. The lowest BCUT2D eigenvalue weighted by molar-refractivity contribution is -0.118. The zero-order valence-corrected chi connectivity index (χ0v) is 15.6. The van der Waals surface area contributed by atoms with Gasteiger partial charge in [-0.3, -0.25) is 4.79 Å². The molecule has 0 aliphatic heterocycles. The van der Waals surface area contributed by atoms with Crippen molar-refractivity contribution in [1.82, 2.24) is 4.98 Å². The monoisotopic (exact) mass is 361 g/mol. The molecule has 1 N–H and O–H groups in total. The first-order chi connectivity index (χ1) is 13.2. The van der Waals surface area contributed by atoms with E-state index >= 15 is 0 Å². The molecule has 3 aromatic rings. The average molecular weight is 361 g/mol. The topological polar surface area (TPSA) is 54.5 Å². The van der Waals surface area contributed by atoms with Gasteiger partial charge in [0.25, 0.3) is 5.91 Å². The summed E-state index contributed by atoms with van der Waals surface area (Å²) in [5.41, 5.74) is 2.94. The lowest BCUT2D eigenvalue weighted by Gasteiger charge is -2.22. The van der Waals surface area contributed by atoms with Crippen LogP contribution in [0.4, 0.5) is 17.2 Å². The maximum Gasteiger partial charge on any atom is 0.262 e. The molecule has 0 aliphatic carbocycles. The van der Waals surface area contributed by atoms with Gasteiger partial charge in [0.05, 0.1) is 11.9 Å².